The van der Waals surface area contributed by atoms with E-state index in [9.17, 15) is 9.59 Å². The fourth-order valence-corrected chi connectivity index (χ4v) is 3.48. The number of carbonyl (C=O) groups excluding carboxylic acids is 1. The van der Waals surface area contributed by atoms with Crippen molar-refractivity contribution in [3.05, 3.63) is 29.8 Å². The average Bonchev–Trinajstić information content (AvgIpc) is 2.91. The van der Waals surface area contributed by atoms with Gasteiger partial charge in [-0.1, -0.05) is 31.4 Å². The molecule has 112 valence electrons. The molecule has 21 heavy (non-hydrogen) atoms. The molecule has 0 radical (unpaired) electrons. The van der Waals surface area contributed by atoms with E-state index < -0.39 is 11.9 Å². The molecule has 1 amide bonds. The van der Waals surface area contributed by atoms with Crippen LogP contribution in [-0.2, 0) is 9.59 Å². The van der Waals surface area contributed by atoms with Gasteiger partial charge in [-0.15, -0.1) is 0 Å². The van der Waals surface area contributed by atoms with E-state index in [2.05, 4.69) is 12.1 Å². The van der Waals surface area contributed by atoms with Gasteiger partial charge in [0.15, 0.2) is 0 Å². The molecule has 1 saturated heterocycles. The molecule has 4 nitrogen and oxygen atoms in total. The van der Waals surface area contributed by atoms with Crippen LogP contribution in [0.25, 0.3) is 0 Å². The van der Waals surface area contributed by atoms with Crippen molar-refractivity contribution in [3.8, 4) is 0 Å². The smallest absolute Gasteiger partial charge is 0.308 e. The lowest BCUT2D eigenvalue weighted by Crippen LogP contribution is -2.25. The van der Waals surface area contributed by atoms with Crippen molar-refractivity contribution in [3.63, 3.8) is 0 Å². The Kier molecular flexibility index (Phi) is 3.95. The Morgan fingerprint density at radius 1 is 1.10 bits per heavy atom. The van der Waals surface area contributed by atoms with Gasteiger partial charge in [-0.25, -0.2) is 0 Å². The SMILES string of the molecule is O=C(O)C1CC(=O)N(c2ccc(C3CCCCC3)cc2)C1. The van der Waals surface area contributed by atoms with Gasteiger partial charge in [0.2, 0.25) is 5.91 Å². The van der Waals surface area contributed by atoms with Crippen LogP contribution in [0.5, 0.6) is 0 Å². The third-order valence-corrected chi connectivity index (χ3v) is 4.76. The predicted octanol–water partition coefficient (Wildman–Crippen LogP) is 3.17. The summed E-state index contributed by atoms with van der Waals surface area (Å²) >= 11 is 0. The fourth-order valence-electron chi connectivity index (χ4n) is 3.48. The maximum absolute atomic E-state index is 11.9. The highest BCUT2D eigenvalue weighted by Gasteiger charge is 2.35. The first-order valence-electron chi connectivity index (χ1n) is 7.78. The van der Waals surface area contributed by atoms with Gasteiger partial charge < -0.3 is 10.0 Å². The maximum Gasteiger partial charge on any atom is 0.308 e. The number of hydrogen-bond donors (Lipinski definition) is 1. The summed E-state index contributed by atoms with van der Waals surface area (Å²) in [6, 6.07) is 8.14. The summed E-state index contributed by atoms with van der Waals surface area (Å²) in [7, 11) is 0. The minimum absolute atomic E-state index is 0.0900. The maximum atomic E-state index is 11.9. The zero-order valence-corrected chi connectivity index (χ0v) is 12.1. The minimum Gasteiger partial charge on any atom is -0.481 e. The van der Waals surface area contributed by atoms with Crippen LogP contribution >= 0.6 is 0 Å². The molecule has 1 heterocycles. The lowest BCUT2D eigenvalue weighted by molar-refractivity contribution is -0.141. The highest BCUT2D eigenvalue weighted by Crippen LogP contribution is 2.34. The van der Waals surface area contributed by atoms with Crippen molar-refractivity contribution in [1.82, 2.24) is 0 Å². The highest BCUT2D eigenvalue weighted by molar-refractivity contribution is 5.99. The lowest BCUT2D eigenvalue weighted by atomic mass is 9.84. The molecule has 1 atom stereocenters. The molecular formula is C17H21NO3. The summed E-state index contributed by atoms with van der Waals surface area (Å²) in [6.45, 7) is 0.289. The number of hydrogen-bond acceptors (Lipinski definition) is 2. The van der Waals surface area contributed by atoms with Gasteiger partial charge >= 0.3 is 5.97 Å². The summed E-state index contributed by atoms with van der Waals surface area (Å²) in [6.07, 6.45) is 6.56. The van der Waals surface area contributed by atoms with Crippen molar-refractivity contribution in [2.45, 2.75) is 44.4 Å². The van der Waals surface area contributed by atoms with E-state index >= 15 is 0 Å². The van der Waals surface area contributed by atoms with Gasteiger partial charge in [-0.3, -0.25) is 9.59 Å². The zero-order chi connectivity index (χ0) is 14.8. The van der Waals surface area contributed by atoms with Gasteiger partial charge in [0.1, 0.15) is 0 Å². The average molecular weight is 287 g/mol. The van der Waals surface area contributed by atoms with E-state index in [1.54, 1.807) is 4.90 Å². The van der Waals surface area contributed by atoms with Crippen LogP contribution in [0.3, 0.4) is 0 Å². The fraction of sp³-hybridized carbons (Fsp3) is 0.529. The van der Waals surface area contributed by atoms with Crippen LogP contribution < -0.4 is 4.90 Å². The Morgan fingerprint density at radius 2 is 1.76 bits per heavy atom. The molecule has 1 N–H and O–H groups in total. The first-order chi connectivity index (χ1) is 10.1. The molecule has 1 saturated carbocycles. The van der Waals surface area contributed by atoms with Gasteiger partial charge in [0.05, 0.1) is 5.92 Å². The van der Waals surface area contributed by atoms with Gasteiger partial charge in [-0.2, -0.15) is 0 Å². The number of rotatable bonds is 3. The quantitative estimate of drug-likeness (QED) is 0.929. The third kappa shape index (κ3) is 2.94. The van der Waals surface area contributed by atoms with Crippen LogP contribution in [0.4, 0.5) is 5.69 Å². The number of aliphatic carboxylic acids is 1. The first-order valence-corrected chi connectivity index (χ1v) is 7.78. The number of benzene rings is 1. The number of nitrogens with zero attached hydrogens (tertiary/aromatic N) is 1. The Labute approximate surface area is 124 Å². The van der Waals surface area contributed by atoms with E-state index in [0.29, 0.717) is 5.92 Å². The molecule has 2 aliphatic rings. The molecule has 0 spiro atoms. The van der Waals surface area contributed by atoms with Crippen molar-refractivity contribution >= 4 is 17.6 Å². The van der Waals surface area contributed by atoms with Crippen LogP contribution in [0.2, 0.25) is 0 Å². The Bertz CT molecular complexity index is 531. The molecule has 1 aromatic rings. The summed E-state index contributed by atoms with van der Waals surface area (Å²) < 4.78 is 0. The summed E-state index contributed by atoms with van der Waals surface area (Å²) in [4.78, 5) is 24.5. The Balaban J connectivity index is 1.72. The van der Waals surface area contributed by atoms with Gasteiger partial charge in [0, 0.05) is 18.7 Å². The summed E-state index contributed by atoms with van der Waals surface area (Å²) in [5.74, 6) is -0.901. The van der Waals surface area contributed by atoms with E-state index in [1.807, 2.05) is 12.1 Å². The Morgan fingerprint density at radius 3 is 2.33 bits per heavy atom. The van der Waals surface area contributed by atoms with E-state index in [4.69, 9.17) is 5.11 Å². The van der Waals surface area contributed by atoms with E-state index in [0.717, 1.165) is 5.69 Å². The summed E-state index contributed by atoms with van der Waals surface area (Å²) in [5, 5.41) is 9.03. The highest BCUT2D eigenvalue weighted by atomic mass is 16.4. The molecule has 2 fully saturated rings. The van der Waals surface area contributed by atoms with Gasteiger partial charge in [-0.05, 0) is 36.5 Å². The second kappa shape index (κ2) is 5.88. The number of amides is 1. The first kappa shape index (κ1) is 14.1. The number of carboxylic acids is 1. The molecule has 0 bridgehead atoms. The van der Waals surface area contributed by atoms with Crippen LogP contribution in [0.1, 0.15) is 50.0 Å². The molecule has 0 aromatic heterocycles. The monoisotopic (exact) mass is 287 g/mol. The number of carbonyl (C=O) groups is 2. The topological polar surface area (TPSA) is 57.6 Å². The van der Waals surface area contributed by atoms with Crippen molar-refractivity contribution in [1.29, 1.82) is 0 Å². The molecule has 1 aromatic carbocycles. The zero-order valence-electron chi connectivity index (χ0n) is 12.1. The van der Waals surface area contributed by atoms with Crippen LogP contribution in [0, 0.1) is 5.92 Å². The van der Waals surface area contributed by atoms with E-state index in [1.165, 1.54) is 37.7 Å². The Hall–Kier alpha value is -1.84. The van der Waals surface area contributed by atoms with Crippen molar-refractivity contribution < 1.29 is 14.7 Å². The molecule has 1 aliphatic carbocycles. The molecule has 3 rings (SSSR count). The van der Waals surface area contributed by atoms with E-state index in [-0.39, 0.29) is 18.9 Å². The number of anilines is 1. The summed E-state index contributed by atoms with van der Waals surface area (Å²) in [5.41, 5.74) is 2.17. The standard InChI is InChI=1S/C17H21NO3/c19-16-10-14(17(20)21)11-18(16)15-8-6-13(7-9-15)12-4-2-1-3-5-12/h6-9,12,14H,1-5,10-11H2,(H,20,21). The van der Waals surface area contributed by atoms with Crippen molar-refractivity contribution in [2.24, 2.45) is 5.92 Å². The molecule has 1 unspecified atom stereocenters. The van der Waals surface area contributed by atoms with Crippen molar-refractivity contribution in [2.75, 3.05) is 11.4 Å². The van der Waals surface area contributed by atoms with Crippen LogP contribution in [-0.4, -0.2) is 23.5 Å². The normalized spacial score (nSPS) is 23.5. The molecular weight excluding hydrogens is 266 g/mol. The lowest BCUT2D eigenvalue weighted by Gasteiger charge is -2.23. The largest absolute Gasteiger partial charge is 0.481 e. The number of carboxylic acid groups (broad SMARTS) is 1. The van der Waals surface area contributed by atoms with Crippen LogP contribution in [0.15, 0.2) is 24.3 Å². The third-order valence-electron chi connectivity index (χ3n) is 4.76. The molecule has 4 heteroatoms. The second-order valence-corrected chi connectivity index (χ2v) is 6.17. The molecule has 1 aliphatic heterocycles. The minimum atomic E-state index is -0.885. The van der Waals surface area contributed by atoms with Gasteiger partial charge in [0.25, 0.3) is 0 Å². The predicted molar refractivity (Wildman–Crippen MR) is 80.4 cm³/mol. The second-order valence-electron chi connectivity index (χ2n) is 6.17.